The second-order valence-corrected chi connectivity index (χ2v) is 10.8. The van der Waals surface area contributed by atoms with Gasteiger partial charge in [-0.15, -0.1) is 6.58 Å². The summed E-state index contributed by atoms with van der Waals surface area (Å²) in [6.45, 7) is 19.0. The van der Waals surface area contributed by atoms with Crippen LogP contribution in [0.5, 0.6) is 0 Å². The van der Waals surface area contributed by atoms with Crippen molar-refractivity contribution >= 4 is 5.91 Å². The van der Waals surface area contributed by atoms with Crippen LogP contribution < -0.4 is 0 Å². The van der Waals surface area contributed by atoms with Crippen LogP contribution in [0.15, 0.2) is 85.5 Å². The average molecular weight is 499 g/mol. The van der Waals surface area contributed by atoms with Gasteiger partial charge in [-0.05, 0) is 48.6 Å². The fraction of sp³-hybridized carbons (Fsp3) is 0.382. The summed E-state index contributed by atoms with van der Waals surface area (Å²) in [5.74, 6) is 0.230. The fourth-order valence-corrected chi connectivity index (χ4v) is 4.71. The molecule has 1 aliphatic heterocycles. The SMILES string of the molecule is C.C=CC.Cc1ccc(C)c(-c2ccc(CN3CCN(C(=O)C(C)(C)C)C(c4ccccc4)C3)cc2)c1. The summed E-state index contributed by atoms with van der Waals surface area (Å²) in [6, 6.07) is 26.2. The summed E-state index contributed by atoms with van der Waals surface area (Å²) in [5, 5.41) is 0. The zero-order chi connectivity index (χ0) is 26.3. The van der Waals surface area contributed by atoms with Gasteiger partial charge in [-0.2, -0.15) is 0 Å². The Morgan fingerprint density at radius 3 is 2.19 bits per heavy atom. The van der Waals surface area contributed by atoms with E-state index in [9.17, 15) is 4.79 Å². The maximum absolute atomic E-state index is 13.2. The number of rotatable bonds is 4. The summed E-state index contributed by atoms with van der Waals surface area (Å²) in [5.41, 5.74) is 7.31. The molecule has 3 nitrogen and oxygen atoms in total. The zero-order valence-corrected chi connectivity index (χ0v) is 22.9. The highest BCUT2D eigenvalue weighted by Gasteiger charge is 2.36. The number of carbonyl (C=O) groups is 1. The summed E-state index contributed by atoms with van der Waals surface area (Å²) < 4.78 is 0. The van der Waals surface area contributed by atoms with Crippen molar-refractivity contribution in [2.75, 3.05) is 19.6 Å². The van der Waals surface area contributed by atoms with Crippen LogP contribution in [0.2, 0.25) is 0 Å². The third-order valence-corrected chi connectivity index (χ3v) is 6.62. The zero-order valence-electron chi connectivity index (χ0n) is 22.9. The molecule has 1 aliphatic rings. The summed E-state index contributed by atoms with van der Waals surface area (Å²) in [6.07, 6.45) is 1.75. The minimum absolute atomic E-state index is 0. The number of benzene rings is 3. The molecule has 0 N–H and O–H groups in total. The van der Waals surface area contributed by atoms with Crippen molar-refractivity contribution in [1.29, 1.82) is 0 Å². The third kappa shape index (κ3) is 7.90. The van der Waals surface area contributed by atoms with E-state index in [0.29, 0.717) is 0 Å². The van der Waals surface area contributed by atoms with E-state index in [2.05, 4.69) is 97.0 Å². The Morgan fingerprint density at radius 2 is 1.59 bits per heavy atom. The lowest BCUT2D eigenvalue weighted by atomic mass is 9.91. The molecule has 198 valence electrons. The van der Waals surface area contributed by atoms with Crippen LogP contribution in [0.25, 0.3) is 11.1 Å². The number of hydrogen-bond donors (Lipinski definition) is 0. The Balaban J connectivity index is 0.00000115. The fourth-order valence-electron chi connectivity index (χ4n) is 4.71. The molecule has 0 aliphatic carbocycles. The molecule has 1 amide bonds. The molecule has 37 heavy (non-hydrogen) atoms. The van der Waals surface area contributed by atoms with E-state index >= 15 is 0 Å². The first-order valence-electron chi connectivity index (χ1n) is 13.0. The van der Waals surface area contributed by atoms with Crippen molar-refractivity contribution in [3.8, 4) is 11.1 Å². The predicted molar refractivity (Wildman–Crippen MR) is 160 cm³/mol. The van der Waals surface area contributed by atoms with Crippen LogP contribution in [0.1, 0.15) is 63.4 Å². The van der Waals surface area contributed by atoms with Gasteiger partial charge < -0.3 is 4.90 Å². The Labute approximate surface area is 225 Å². The summed E-state index contributed by atoms with van der Waals surface area (Å²) in [7, 11) is 0. The molecule has 0 saturated carbocycles. The summed E-state index contributed by atoms with van der Waals surface area (Å²) in [4.78, 5) is 17.8. The normalized spacial score (nSPS) is 15.7. The van der Waals surface area contributed by atoms with Gasteiger partial charge in [0.2, 0.25) is 5.91 Å². The monoisotopic (exact) mass is 498 g/mol. The Hall–Kier alpha value is -3.17. The molecule has 0 aromatic heterocycles. The van der Waals surface area contributed by atoms with Crippen molar-refractivity contribution in [3.63, 3.8) is 0 Å². The molecular weight excluding hydrogens is 452 g/mol. The molecule has 1 saturated heterocycles. The number of aryl methyl sites for hydroxylation is 2. The van der Waals surface area contributed by atoms with Crippen molar-refractivity contribution in [3.05, 3.63) is 108 Å². The molecule has 0 radical (unpaired) electrons. The second-order valence-electron chi connectivity index (χ2n) is 10.8. The third-order valence-electron chi connectivity index (χ3n) is 6.62. The molecular formula is C34H46N2O. The van der Waals surface area contributed by atoms with Crippen LogP contribution in [-0.4, -0.2) is 35.3 Å². The van der Waals surface area contributed by atoms with Crippen molar-refractivity contribution in [2.45, 2.75) is 61.6 Å². The average Bonchev–Trinajstić information content (AvgIpc) is 2.86. The Kier molecular flexibility index (Phi) is 10.9. The van der Waals surface area contributed by atoms with E-state index < -0.39 is 0 Å². The van der Waals surface area contributed by atoms with Gasteiger partial charge in [-0.3, -0.25) is 9.69 Å². The van der Waals surface area contributed by atoms with E-state index in [0.717, 1.165) is 26.2 Å². The highest BCUT2D eigenvalue weighted by molar-refractivity contribution is 5.82. The lowest BCUT2D eigenvalue weighted by Gasteiger charge is -2.44. The van der Waals surface area contributed by atoms with Crippen LogP contribution >= 0.6 is 0 Å². The molecule has 3 heteroatoms. The van der Waals surface area contributed by atoms with Gasteiger partial charge in [-0.25, -0.2) is 0 Å². The molecule has 1 fully saturated rings. The minimum Gasteiger partial charge on any atom is -0.333 e. The van der Waals surface area contributed by atoms with Gasteiger partial charge in [-0.1, -0.05) is 113 Å². The highest BCUT2D eigenvalue weighted by atomic mass is 16.2. The molecule has 0 spiro atoms. The summed E-state index contributed by atoms with van der Waals surface area (Å²) >= 11 is 0. The van der Waals surface area contributed by atoms with E-state index in [1.165, 1.54) is 33.4 Å². The van der Waals surface area contributed by atoms with Gasteiger partial charge in [0.25, 0.3) is 0 Å². The quantitative estimate of drug-likeness (QED) is 0.338. The molecule has 3 aromatic carbocycles. The molecule has 1 atom stereocenters. The van der Waals surface area contributed by atoms with Gasteiger partial charge in [0.05, 0.1) is 6.04 Å². The highest BCUT2D eigenvalue weighted by Crippen LogP contribution is 2.31. The lowest BCUT2D eigenvalue weighted by molar-refractivity contribution is -0.145. The first-order valence-corrected chi connectivity index (χ1v) is 13.0. The number of carbonyl (C=O) groups excluding carboxylic acids is 1. The number of hydrogen-bond acceptors (Lipinski definition) is 2. The van der Waals surface area contributed by atoms with E-state index in [-0.39, 0.29) is 24.8 Å². The molecule has 4 rings (SSSR count). The Bertz CT molecular complexity index is 1140. The van der Waals surface area contributed by atoms with Crippen molar-refractivity contribution < 1.29 is 4.79 Å². The van der Waals surface area contributed by atoms with Crippen LogP contribution in [0.3, 0.4) is 0 Å². The van der Waals surface area contributed by atoms with Gasteiger partial charge in [0, 0.05) is 31.6 Å². The number of amides is 1. The number of piperazine rings is 1. The van der Waals surface area contributed by atoms with Crippen LogP contribution in [0.4, 0.5) is 0 Å². The smallest absolute Gasteiger partial charge is 0.228 e. The van der Waals surface area contributed by atoms with Crippen molar-refractivity contribution in [1.82, 2.24) is 9.80 Å². The van der Waals surface area contributed by atoms with Crippen molar-refractivity contribution in [2.24, 2.45) is 5.41 Å². The minimum atomic E-state index is -0.376. The molecule has 1 heterocycles. The van der Waals surface area contributed by atoms with E-state index in [1.807, 2.05) is 33.8 Å². The first kappa shape index (κ1) is 30.1. The van der Waals surface area contributed by atoms with E-state index in [1.54, 1.807) is 6.08 Å². The van der Waals surface area contributed by atoms with Gasteiger partial charge in [0.15, 0.2) is 0 Å². The van der Waals surface area contributed by atoms with Crippen LogP contribution in [-0.2, 0) is 11.3 Å². The molecule has 0 bridgehead atoms. The molecule has 3 aromatic rings. The maximum atomic E-state index is 13.2. The maximum Gasteiger partial charge on any atom is 0.228 e. The second kappa shape index (κ2) is 13.4. The molecule has 1 unspecified atom stereocenters. The van der Waals surface area contributed by atoms with E-state index in [4.69, 9.17) is 0 Å². The lowest BCUT2D eigenvalue weighted by Crippen LogP contribution is -2.53. The first-order chi connectivity index (χ1) is 17.1. The number of allylic oxidation sites excluding steroid dienone is 1. The standard InChI is InChI=1S/C30H36N2O.C3H6.CH4/c1-22-11-12-23(2)27(19-22)25-15-13-24(14-16-25)20-31-17-18-32(29(33)30(3,4)5)28(21-31)26-9-7-6-8-10-26;1-3-2;/h6-16,19,28H,17-18,20-21H2,1-5H3;3H,1H2,2H3;1H4. The van der Waals surface area contributed by atoms with Crippen LogP contribution in [0, 0.1) is 19.3 Å². The van der Waals surface area contributed by atoms with Gasteiger partial charge in [0.1, 0.15) is 0 Å². The Morgan fingerprint density at radius 1 is 0.973 bits per heavy atom. The van der Waals surface area contributed by atoms with Gasteiger partial charge >= 0.3 is 0 Å². The topological polar surface area (TPSA) is 23.6 Å². The largest absolute Gasteiger partial charge is 0.333 e. The number of nitrogens with zero attached hydrogens (tertiary/aromatic N) is 2. The predicted octanol–water partition coefficient (Wildman–Crippen LogP) is 8.23.